The number of nitrogens with two attached hydrogens (primary N) is 1. The number of hydrogen-bond donors (Lipinski definition) is 2. The van der Waals surface area contributed by atoms with E-state index < -0.39 is 0 Å². The SMILES string of the molecule is CC(Nc1c(N)cccc1Cl)c1ccccc1F. The van der Waals surface area contributed by atoms with E-state index in [-0.39, 0.29) is 11.9 Å². The zero-order valence-electron chi connectivity index (χ0n) is 9.95. The van der Waals surface area contributed by atoms with E-state index in [2.05, 4.69) is 5.32 Å². The maximum Gasteiger partial charge on any atom is 0.128 e. The average molecular weight is 265 g/mol. The van der Waals surface area contributed by atoms with Gasteiger partial charge in [0, 0.05) is 5.56 Å². The van der Waals surface area contributed by atoms with Crippen LogP contribution in [-0.2, 0) is 0 Å². The molecule has 0 aliphatic heterocycles. The van der Waals surface area contributed by atoms with Gasteiger partial charge in [0.15, 0.2) is 0 Å². The largest absolute Gasteiger partial charge is 0.397 e. The van der Waals surface area contributed by atoms with Crippen LogP contribution in [0.15, 0.2) is 42.5 Å². The summed E-state index contributed by atoms with van der Waals surface area (Å²) in [5, 5.41) is 3.66. The molecule has 2 aromatic rings. The van der Waals surface area contributed by atoms with E-state index in [4.69, 9.17) is 17.3 Å². The molecule has 2 nitrogen and oxygen atoms in total. The topological polar surface area (TPSA) is 38.0 Å². The van der Waals surface area contributed by atoms with Crippen LogP contribution in [0.4, 0.5) is 15.8 Å². The first-order valence-electron chi connectivity index (χ1n) is 5.64. The minimum Gasteiger partial charge on any atom is -0.397 e. The summed E-state index contributed by atoms with van der Waals surface area (Å²) in [5.74, 6) is -0.247. The van der Waals surface area contributed by atoms with Gasteiger partial charge in [-0.25, -0.2) is 4.39 Å². The Kier molecular flexibility index (Phi) is 3.72. The lowest BCUT2D eigenvalue weighted by molar-refractivity contribution is 0.600. The van der Waals surface area contributed by atoms with Crippen molar-refractivity contribution in [2.45, 2.75) is 13.0 Å². The molecule has 0 saturated heterocycles. The van der Waals surface area contributed by atoms with E-state index in [1.807, 2.05) is 6.92 Å². The molecule has 0 spiro atoms. The van der Waals surface area contributed by atoms with E-state index in [9.17, 15) is 4.39 Å². The lowest BCUT2D eigenvalue weighted by Gasteiger charge is -2.18. The Labute approximate surface area is 111 Å². The molecule has 0 aromatic heterocycles. The number of rotatable bonds is 3. The first-order chi connectivity index (χ1) is 8.59. The lowest BCUT2D eigenvalue weighted by atomic mass is 10.1. The van der Waals surface area contributed by atoms with Gasteiger partial charge in [0.2, 0.25) is 0 Å². The molecule has 0 bridgehead atoms. The molecule has 0 aliphatic carbocycles. The van der Waals surface area contributed by atoms with Gasteiger partial charge in [0.1, 0.15) is 5.82 Å². The molecule has 1 atom stereocenters. The molecule has 94 valence electrons. The highest BCUT2D eigenvalue weighted by Crippen LogP contribution is 2.31. The van der Waals surface area contributed by atoms with Crippen LogP contribution in [0.3, 0.4) is 0 Å². The summed E-state index contributed by atoms with van der Waals surface area (Å²) in [4.78, 5) is 0. The van der Waals surface area contributed by atoms with Crippen molar-refractivity contribution >= 4 is 23.0 Å². The quantitative estimate of drug-likeness (QED) is 0.814. The van der Waals surface area contributed by atoms with Crippen LogP contribution < -0.4 is 11.1 Å². The summed E-state index contributed by atoms with van der Waals surface area (Å²) < 4.78 is 13.6. The summed E-state index contributed by atoms with van der Waals surface area (Å²) in [7, 11) is 0. The van der Waals surface area contributed by atoms with Crippen molar-refractivity contribution in [2.75, 3.05) is 11.1 Å². The van der Waals surface area contributed by atoms with E-state index >= 15 is 0 Å². The van der Waals surface area contributed by atoms with Crippen LogP contribution in [-0.4, -0.2) is 0 Å². The lowest BCUT2D eigenvalue weighted by Crippen LogP contribution is -2.10. The summed E-state index contributed by atoms with van der Waals surface area (Å²) in [5.41, 5.74) is 7.61. The highest BCUT2D eigenvalue weighted by atomic mass is 35.5. The predicted octanol–water partition coefficient (Wildman–Crippen LogP) is 4.23. The van der Waals surface area contributed by atoms with E-state index in [1.54, 1.807) is 36.4 Å². The van der Waals surface area contributed by atoms with Gasteiger partial charge in [-0.15, -0.1) is 0 Å². The van der Waals surface area contributed by atoms with E-state index in [0.717, 1.165) is 0 Å². The third-order valence-electron chi connectivity index (χ3n) is 2.78. The number of halogens is 2. The highest BCUT2D eigenvalue weighted by molar-refractivity contribution is 6.33. The van der Waals surface area contributed by atoms with Crippen LogP contribution in [0, 0.1) is 5.82 Å². The Balaban J connectivity index is 2.27. The molecule has 0 saturated carbocycles. The minimum atomic E-state index is -0.247. The van der Waals surface area contributed by atoms with Crippen molar-refractivity contribution in [3.8, 4) is 0 Å². The number of para-hydroxylation sites is 1. The van der Waals surface area contributed by atoms with Gasteiger partial charge in [-0.1, -0.05) is 35.9 Å². The summed E-state index contributed by atoms with van der Waals surface area (Å²) in [6, 6.07) is 11.7. The Morgan fingerprint density at radius 2 is 1.89 bits per heavy atom. The molecule has 2 aromatic carbocycles. The van der Waals surface area contributed by atoms with Crippen LogP contribution in [0.25, 0.3) is 0 Å². The zero-order valence-corrected chi connectivity index (χ0v) is 10.7. The minimum absolute atomic E-state index is 0.214. The van der Waals surface area contributed by atoms with Gasteiger partial charge in [-0.3, -0.25) is 0 Å². The number of hydrogen-bond acceptors (Lipinski definition) is 2. The Hall–Kier alpha value is -1.74. The van der Waals surface area contributed by atoms with Gasteiger partial charge < -0.3 is 11.1 Å². The van der Waals surface area contributed by atoms with Gasteiger partial charge in [-0.2, -0.15) is 0 Å². The van der Waals surface area contributed by atoms with Gasteiger partial charge >= 0.3 is 0 Å². The third kappa shape index (κ3) is 2.57. The van der Waals surface area contributed by atoms with Crippen LogP contribution >= 0.6 is 11.6 Å². The fourth-order valence-electron chi connectivity index (χ4n) is 1.81. The molecule has 0 amide bonds. The molecular weight excluding hydrogens is 251 g/mol. The molecule has 18 heavy (non-hydrogen) atoms. The number of anilines is 2. The molecule has 4 heteroatoms. The van der Waals surface area contributed by atoms with Crippen molar-refractivity contribution < 1.29 is 4.39 Å². The molecule has 3 N–H and O–H groups in total. The maximum absolute atomic E-state index is 13.6. The predicted molar refractivity (Wildman–Crippen MR) is 74.3 cm³/mol. The maximum atomic E-state index is 13.6. The standard InChI is InChI=1S/C14H14ClFN2/c1-9(10-5-2-3-7-12(10)16)18-14-11(15)6-4-8-13(14)17/h2-9,18H,17H2,1H3. The molecule has 0 radical (unpaired) electrons. The fraction of sp³-hybridized carbons (Fsp3) is 0.143. The summed E-state index contributed by atoms with van der Waals surface area (Å²) >= 11 is 6.06. The number of nitrogen functional groups attached to an aromatic ring is 1. The molecule has 0 heterocycles. The van der Waals surface area contributed by atoms with E-state index in [1.165, 1.54) is 6.07 Å². The van der Waals surface area contributed by atoms with Gasteiger partial charge in [-0.05, 0) is 25.1 Å². The van der Waals surface area contributed by atoms with Crippen molar-refractivity contribution in [3.05, 3.63) is 58.9 Å². The second-order valence-electron chi connectivity index (χ2n) is 4.09. The van der Waals surface area contributed by atoms with E-state index in [0.29, 0.717) is 22.0 Å². The van der Waals surface area contributed by atoms with Crippen molar-refractivity contribution in [1.29, 1.82) is 0 Å². The molecule has 0 fully saturated rings. The normalized spacial score (nSPS) is 12.2. The van der Waals surface area contributed by atoms with Crippen LogP contribution in [0.1, 0.15) is 18.5 Å². The Morgan fingerprint density at radius 3 is 2.56 bits per heavy atom. The number of benzene rings is 2. The Bertz CT molecular complexity index is 537. The van der Waals surface area contributed by atoms with Crippen molar-refractivity contribution in [3.63, 3.8) is 0 Å². The second kappa shape index (κ2) is 5.27. The number of nitrogens with one attached hydrogen (secondary N) is 1. The third-order valence-corrected chi connectivity index (χ3v) is 3.09. The summed E-state index contributed by atoms with van der Waals surface area (Å²) in [6.07, 6.45) is 0. The van der Waals surface area contributed by atoms with Crippen molar-refractivity contribution in [2.24, 2.45) is 0 Å². The first-order valence-corrected chi connectivity index (χ1v) is 6.02. The Morgan fingerprint density at radius 1 is 1.17 bits per heavy atom. The van der Waals surface area contributed by atoms with Crippen LogP contribution in [0.5, 0.6) is 0 Å². The molecule has 2 rings (SSSR count). The highest BCUT2D eigenvalue weighted by Gasteiger charge is 2.12. The second-order valence-corrected chi connectivity index (χ2v) is 4.50. The molecular formula is C14H14ClFN2. The smallest absolute Gasteiger partial charge is 0.128 e. The average Bonchev–Trinajstić information content (AvgIpc) is 2.34. The fourth-order valence-corrected chi connectivity index (χ4v) is 2.05. The first kappa shape index (κ1) is 12.7. The van der Waals surface area contributed by atoms with Gasteiger partial charge in [0.05, 0.1) is 22.4 Å². The molecule has 1 unspecified atom stereocenters. The monoisotopic (exact) mass is 264 g/mol. The zero-order chi connectivity index (χ0) is 13.1. The van der Waals surface area contributed by atoms with Crippen LogP contribution in [0.2, 0.25) is 5.02 Å². The summed E-state index contributed by atoms with van der Waals surface area (Å²) in [6.45, 7) is 1.86. The molecule has 0 aliphatic rings. The van der Waals surface area contributed by atoms with Gasteiger partial charge in [0.25, 0.3) is 0 Å². The van der Waals surface area contributed by atoms with Crippen molar-refractivity contribution in [1.82, 2.24) is 0 Å².